The van der Waals surface area contributed by atoms with Crippen molar-refractivity contribution >= 4 is 5.82 Å². The third kappa shape index (κ3) is 2.59. The topological polar surface area (TPSA) is 53.1 Å². The van der Waals surface area contributed by atoms with Gasteiger partial charge in [0, 0.05) is 12.3 Å². The van der Waals surface area contributed by atoms with Crippen LogP contribution in [0.5, 0.6) is 0 Å². The smallest absolute Gasteiger partial charge is 0.145 e. The molecule has 0 atom stereocenters. The van der Waals surface area contributed by atoms with Crippen LogP contribution < -0.4 is 5.73 Å². The maximum absolute atomic E-state index is 5.40. The zero-order valence-corrected chi connectivity index (χ0v) is 6.82. The van der Waals surface area contributed by atoms with Crippen molar-refractivity contribution in [3.05, 3.63) is 12.3 Å². The Balaban J connectivity index is 2.39. The second kappa shape index (κ2) is 3.39. The monoisotopic (exact) mass is 155 g/mol. The minimum absolute atomic E-state index is 0.223. The number of nitrogens with zero attached hydrogens (tertiary/aromatic N) is 2. The minimum atomic E-state index is 0.223. The van der Waals surface area contributed by atoms with Gasteiger partial charge < -0.3 is 10.5 Å². The molecule has 0 amide bonds. The van der Waals surface area contributed by atoms with Gasteiger partial charge in [0.2, 0.25) is 0 Å². The molecule has 1 aromatic heterocycles. The van der Waals surface area contributed by atoms with Crippen LogP contribution in [-0.2, 0) is 11.5 Å². The largest absolute Gasteiger partial charge is 0.382 e. The SMILES string of the molecule is CC(C)OCn1ccc(N)n1. The summed E-state index contributed by atoms with van der Waals surface area (Å²) in [7, 11) is 0. The lowest BCUT2D eigenvalue weighted by Gasteiger charge is -2.06. The number of nitrogen functional groups attached to an aromatic ring is 1. The highest BCUT2D eigenvalue weighted by molar-refractivity contribution is 5.23. The van der Waals surface area contributed by atoms with E-state index in [1.807, 2.05) is 13.8 Å². The first-order chi connectivity index (χ1) is 5.18. The molecule has 11 heavy (non-hydrogen) atoms. The van der Waals surface area contributed by atoms with Crippen molar-refractivity contribution in [3.8, 4) is 0 Å². The third-order valence-electron chi connectivity index (χ3n) is 1.20. The van der Waals surface area contributed by atoms with Crippen LogP contribution in [0, 0.1) is 0 Å². The molecule has 2 N–H and O–H groups in total. The predicted molar refractivity (Wildman–Crippen MR) is 42.9 cm³/mol. The Kier molecular flexibility index (Phi) is 2.48. The minimum Gasteiger partial charge on any atom is -0.382 e. The molecule has 0 saturated carbocycles. The second-order valence-electron chi connectivity index (χ2n) is 2.62. The van der Waals surface area contributed by atoms with Gasteiger partial charge in [-0.15, -0.1) is 0 Å². The summed E-state index contributed by atoms with van der Waals surface area (Å²) >= 11 is 0. The fraction of sp³-hybridized carbons (Fsp3) is 0.571. The van der Waals surface area contributed by atoms with E-state index in [1.165, 1.54) is 0 Å². The molecule has 0 fully saturated rings. The number of anilines is 1. The zero-order chi connectivity index (χ0) is 8.27. The van der Waals surface area contributed by atoms with Crippen LogP contribution in [0.2, 0.25) is 0 Å². The Morgan fingerprint density at radius 1 is 1.73 bits per heavy atom. The summed E-state index contributed by atoms with van der Waals surface area (Å²) in [6.45, 7) is 4.43. The van der Waals surface area contributed by atoms with E-state index in [0.29, 0.717) is 12.5 Å². The van der Waals surface area contributed by atoms with Gasteiger partial charge in [-0.05, 0) is 13.8 Å². The highest BCUT2D eigenvalue weighted by Gasteiger charge is 1.95. The fourth-order valence-corrected chi connectivity index (χ4v) is 0.675. The molecule has 1 aromatic rings. The van der Waals surface area contributed by atoms with Gasteiger partial charge in [0.25, 0.3) is 0 Å². The van der Waals surface area contributed by atoms with Gasteiger partial charge in [-0.3, -0.25) is 0 Å². The van der Waals surface area contributed by atoms with Gasteiger partial charge >= 0.3 is 0 Å². The summed E-state index contributed by atoms with van der Waals surface area (Å²) in [5.74, 6) is 0.525. The van der Waals surface area contributed by atoms with Gasteiger partial charge in [-0.25, -0.2) is 4.68 Å². The van der Waals surface area contributed by atoms with E-state index in [4.69, 9.17) is 10.5 Å². The number of nitrogens with two attached hydrogens (primary N) is 1. The van der Waals surface area contributed by atoms with Crippen LogP contribution in [0.1, 0.15) is 13.8 Å². The molecule has 1 rings (SSSR count). The van der Waals surface area contributed by atoms with Crippen molar-refractivity contribution in [1.82, 2.24) is 9.78 Å². The van der Waals surface area contributed by atoms with Crippen LogP contribution >= 0.6 is 0 Å². The van der Waals surface area contributed by atoms with Crippen molar-refractivity contribution in [2.45, 2.75) is 26.7 Å². The molecule has 62 valence electrons. The van der Waals surface area contributed by atoms with Gasteiger partial charge in [0.05, 0.1) is 6.10 Å². The van der Waals surface area contributed by atoms with E-state index < -0.39 is 0 Å². The Hall–Kier alpha value is -1.03. The summed E-state index contributed by atoms with van der Waals surface area (Å²) in [6.07, 6.45) is 2.01. The summed E-state index contributed by atoms with van der Waals surface area (Å²) in [5, 5.41) is 3.95. The summed E-state index contributed by atoms with van der Waals surface area (Å²) in [5.41, 5.74) is 5.40. The first-order valence-electron chi connectivity index (χ1n) is 3.59. The van der Waals surface area contributed by atoms with Gasteiger partial charge in [0.1, 0.15) is 12.5 Å². The number of rotatable bonds is 3. The maximum atomic E-state index is 5.40. The van der Waals surface area contributed by atoms with Crippen LogP contribution in [0.25, 0.3) is 0 Å². The molecule has 0 aliphatic carbocycles. The van der Waals surface area contributed by atoms with Crippen molar-refractivity contribution in [2.24, 2.45) is 0 Å². The Bertz CT molecular complexity index is 219. The van der Waals surface area contributed by atoms with Crippen LogP contribution in [-0.4, -0.2) is 15.9 Å². The first kappa shape index (κ1) is 8.07. The molecule has 0 aliphatic rings. The van der Waals surface area contributed by atoms with Crippen LogP contribution in [0.3, 0.4) is 0 Å². The quantitative estimate of drug-likeness (QED) is 0.704. The number of hydrogen-bond donors (Lipinski definition) is 1. The van der Waals surface area contributed by atoms with Gasteiger partial charge in [-0.1, -0.05) is 0 Å². The highest BCUT2D eigenvalue weighted by Crippen LogP contribution is 1.97. The Labute approximate surface area is 66.0 Å². The van der Waals surface area contributed by atoms with Gasteiger partial charge in [-0.2, -0.15) is 5.10 Å². The lowest BCUT2D eigenvalue weighted by Crippen LogP contribution is -2.08. The molecular formula is C7H13N3O. The normalized spacial score (nSPS) is 10.8. The summed E-state index contributed by atoms with van der Waals surface area (Å²) < 4.78 is 6.95. The molecule has 4 heteroatoms. The zero-order valence-electron chi connectivity index (χ0n) is 6.82. The van der Waals surface area contributed by atoms with E-state index in [1.54, 1.807) is 16.9 Å². The van der Waals surface area contributed by atoms with Crippen molar-refractivity contribution < 1.29 is 4.74 Å². The van der Waals surface area contributed by atoms with E-state index in [-0.39, 0.29) is 6.10 Å². The molecule has 0 aliphatic heterocycles. The molecule has 0 saturated heterocycles. The number of hydrogen-bond acceptors (Lipinski definition) is 3. The molecule has 0 spiro atoms. The van der Waals surface area contributed by atoms with Gasteiger partial charge in [0.15, 0.2) is 0 Å². The molecule has 0 aromatic carbocycles. The molecule has 4 nitrogen and oxygen atoms in total. The fourth-order valence-electron chi connectivity index (χ4n) is 0.675. The van der Waals surface area contributed by atoms with E-state index in [9.17, 15) is 0 Å². The number of aromatic nitrogens is 2. The lowest BCUT2D eigenvalue weighted by molar-refractivity contribution is 0.0222. The van der Waals surface area contributed by atoms with Crippen molar-refractivity contribution in [3.63, 3.8) is 0 Å². The highest BCUT2D eigenvalue weighted by atomic mass is 16.5. The van der Waals surface area contributed by atoms with E-state index >= 15 is 0 Å². The second-order valence-corrected chi connectivity index (χ2v) is 2.62. The molecular weight excluding hydrogens is 142 g/mol. The third-order valence-corrected chi connectivity index (χ3v) is 1.20. The first-order valence-corrected chi connectivity index (χ1v) is 3.59. The van der Waals surface area contributed by atoms with E-state index in [0.717, 1.165) is 0 Å². The Morgan fingerprint density at radius 2 is 2.45 bits per heavy atom. The van der Waals surface area contributed by atoms with Crippen molar-refractivity contribution in [1.29, 1.82) is 0 Å². The predicted octanol–water partition coefficient (Wildman–Crippen LogP) is 0.848. The molecule has 0 bridgehead atoms. The average molecular weight is 155 g/mol. The van der Waals surface area contributed by atoms with Crippen LogP contribution in [0.4, 0.5) is 5.82 Å². The number of ether oxygens (including phenoxy) is 1. The Morgan fingerprint density at radius 3 is 2.91 bits per heavy atom. The lowest BCUT2D eigenvalue weighted by atomic mass is 10.5. The molecule has 0 radical (unpaired) electrons. The standard InChI is InChI=1S/C7H13N3O/c1-6(2)11-5-10-4-3-7(8)9-10/h3-4,6H,5H2,1-2H3,(H2,8,9). The van der Waals surface area contributed by atoms with Crippen molar-refractivity contribution in [2.75, 3.05) is 5.73 Å². The van der Waals surface area contributed by atoms with Crippen LogP contribution in [0.15, 0.2) is 12.3 Å². The molecule has 0 unspecified atom stereocenters. The summed E-state index contributed by atoms with van der Waals surface area (Å²) in [6, 6.07) is 1.74. The van der Waals surface area contributed by atoms with E-state index in [2.05, 4.69) is 5.10 Å². The summed E-state index contributed by atoms with van der Waals surface area (Å²) in [4.78, 5) is 0. The average Bonchev–Trinajstić information content (AvgIpc) is 2.31. The maximum Gasteiger partial charge on any atom is 0.145 e. The molecule has 1 heterocycles.